The average molecular weight is 439 g/mol. The van der Waals surface area contributed by atoms with Crippen LogP contribution in [0, 0.1) is 0 Å². The maximum atomic E-state index is 13.1. The van der Waals surface area contributed by atoms with Gasteiger partial charge in [-0.25, -0.2) is 14.7 Å². The first kappa shape index (κ1) is 21.9. The van der Waals surface area contributed by atoms with E-state index in [0.717, 1.165) is 10.5 Å². The van der Waals surface area contributed by atoms with Crippen LogP contribution in [0.2, 0.25) is 0 Å². The van der Waals surface area contributed by atoms with Crippen molar-refractivity contribution in [1.82, 2.24) is 9.88 Å². The lowest BCUT2D eigenvalue weighted by molar-refractivity contribution is -0.123. The first-order chi connectivity index (χ1) is 14.0. The number of hydrogen-bond acceptors (Lipinski definition) is 5. The number of nitrogens with zero attached hydrogens (tertiary/aromatic N) is 3. The molecule has 30 heavy (non-hydrogen) atoms. The molecule has 1 aromatic heterocycles. The molecular weight excluding hydrogens is 419 g/mol. The minimum atomic E-state index is -4.41. The number of halogens is 3. The molecule has 160 valence electrons. The van der Waals surface area contributed by atoms with E-state index in [4.69, 9.17) is 4.74 Å². The van der Waals surface area contributed by atoms with Crippen LogP contribution in [0.1, 0.15) is 26.3 Å². The highest BCUT2D eigenvalue weighted by Gasteiger charge is 2.51. The van der Waals surface area contributed by atoms with E-state index in [1.165, 1.54) is 29.2 Å². The summed E-state index contributed by atoms with van der Waals surface area (Å²) in [5, 5.41) is 0. The minimum absolute atomic E-state index is 0.0262. The predicted molar refractivity (Wildman–Crippen MR) is 106 cm³/mol. The van der Waals surface area contributed by atoms with Gasteiger partial charge in [-0.2, -0.15) is 13.2 Å². The number of carbonyl (C=O) groups is 2. The molecule has 2 aromatic rings. The van der Waals surface area contributed by atoms with E-state index in [1.807, 2.05) is 6.92 Å². The summed E-state index contributed by atoms with van der Waals surface area (Å²) < 4.78 is 43.0. The van der Waals surface area contributed by atoms with E-state index in [1.54, 1.807) is 32.2 Å². The Morgan fingerprint density at radius 2 is 1.80 bits per heavy atom. The summed E-state index contributed by atoms with van der Waals surface area (Å²) >= 11 is -0.256. The number of imide groups is 1. The molecule has 3 amide bonds. The Bertz CT molecular complexity index is 948. The number of anilines is 1. The lowest BCUT2D eigenvalue weighted by Crippen LogP contribution is -2.43. The number of ether oxygens (including phenoxy) is 1. The van der Waals surface area contributed by atoms with Crippen LogP contribution in [0.25, 0.3) is 0 Å². The molecule has 10 heteroatoms. The molecule has 6 nitrogen and oxygen atoms in total. The van der Waals surface area contributed by atoms with Crippen LogP contribution in [0.3, 0.4) is 0 Å². The quantitative estimate of drug-likeness (QED) is 0.476. The van der Waals surface area contributed by atoms with Crippen LogP contribution in [0.15, 0.2) is 47.5 Å². The number of amides is 3. The van der Waals surface area contributed by atoms with E-state index >= 15 is 0 Å². The summed E-state index contributed by atoms with van der Waals surface area (Å²) in [5.41, 5.74) is -4.59. The number of benzene rings is 1. The number of aromatic nitrogens is 1. The zero-order valence-electron chi connectivity index (χ0n) is 16.6. The molecule has 0 radical (unpaired) electrons. The summed E-state index contributed by atoms with van der Waals surface area (Å²) in [6.07, 6.45) is 1.56. The van der Waals surface area contributed by atoms with Crippen LogP contribution in [-0.2, 0) is 11.3 Å². The minimum Gasteiger partial charge on any atom is -0.478 e. The zero-order valence-corrected chi connectivity index (χ0v) is 17.4. The highest BCUT2D eigenvalue weighted by molar-refractivity contribution is 8.00. The number of carbonyl (C=O) groups excluding carboxylic acids is 2. The molecule has 0 spiro atoms. The average Bonchev–Trinajstić information content (AvgIpc) is 2.82. The highest BCUT2D eigenvalue weighted by atomic mass is 32.2. The van der Waals surface area contributed by atoms with Crippen molar-refractivity contribution in [2.24, 2.45) is 0 Å². The van der Waals surface area contributed by atoms with Crippen LogP contribution in [0.4, 0.5) is 23.7 Å². The third-order valence-corrected chi connectivity index (χ3v) is 5.32. The van der Waals surface area contributed by atoms with Gasteiger partial charge in [-0.05, 0) is 68.4 Å². The summed E-state index contributed by atoms with van der Waals surface area (Å²) in [7, 11) is 0. The van der Waals surface area contributed by atoms with Gasteiger partial charge in [-0.1, -0.05) is 0 Å². The monoisotopic (exact) mass is 439 g/mol. The second kappa shape index (κ2) is 8.17. The van der Waals surface area contributed by atoms with Crippen molar-refractivity contribution in [3.8, 4) is 5.88 Å². The maximum Gasteiger partial charge on any atom is 0.446 e. The Morgan fingerprint density at radius 3 is 2.40 bits per heavy atom. The van der Waals surface area contributed by atoms with Crippen molar-refractivity contribution in [3.05, 3.63) is 48.2 Å². The highest BCUT2D eigenvalue weighted by Crippen LogP contribution is 2.38. The van der Waals surface area contributed by atoms with Crippen molar-refractivity contribution in [3.63, 3.8) is 0 Å². The lowest BCUT2D eigenvalue weighted by atomic mass is 10.0. The summed E-state index contributed by atoms with van der Waals surface area (Å²) in [5.74, 6) is -0.0387. The SMILES string of the molecule is CCOc1cc(CN2C(=O)N(c3ccc(SC(F)(F)F)cc3)C(=O)C2(C)C)ccn1. The number of alkyl halides is 3. The van der Waals surface area contributed by atoms with Gasteiger partial charge < -0.3 is 9.64 Å². The molecule has 0 aliphatic carbocycles. The zero-order chi connectivity index (χ0) is 22.1. The fourth-order valence-corrected chi connectivity index (χ4v) is 3.62. The largest absolute Gasteiger partial charge is 0.478 e. The third kappa shape index (κ3) is 4.53. The van der Waals surface area contributed by atoms with Gasteiger partial charge in [0.15, 0.2) is 0 Å². The van der Waals surface area contributed by atoms with E-state index in [9.17, 15) is 22.8 Å². The number of pyridine rings is 1. The molecule has 1 aliphatic heterocycles. The van der Waals surface area contributed by atoms with E-state index in [0.29, 0.717) is 12.5 Å². The van der Waals surface area contributed by atoms with Crippen molar-refractivity contribution in [1.29, 1.82) is 0 Å². The van der Waals surface area contributed by atoms with Gasteiger partial charge in [-0.15, -0.1) is 0 Å². The normalized spacial score (nSPS) is 16.3. The summed E-state index contributed by atoms with van der Waals surface area (Å²) in [6, 6.07) is 8.02. The Labute approximate surface area is 176 Å². The fourth-order valence-electron chi connectivity index (χ4n) is 3.08. The maximum absolute atomic E-state index is 13.1. The van der Waals surface area contributed by atoms with Gasteiger partial charge >= 0.3 is 11.5 Å². The van der Waals surface area contributed by atoms with Crippen molar-refractivity contribution < 1.29 is 27.5 Å². The topological polar surface area (TPSA) is 62.7 Å². The number of thioether (sulfide) groups is 1. The molecular formula is C20H20F3N3O3S. The molecule has 0 N–H and O–H groups in total. The van der Waals surface area contributed by atoms with Crippen LogP contribution >= 0.6 is 11.8 Å². The van der Waals surface area contributed by atoms with Gasteiger partial charge in [0.05, 0.1) is 12.3 Å². The van der Waals surface area contributed by atoms with Gasteiger partial charge in [0.25, 0.3) is 5.91 Å². The lowest BCUT2D eigenvalue weighted by Gasteiger charge is -2.27. The first-order valence-corrected chi connectivity index (χ1v) is 9.94. The Kier molecular flexibility index (Phi) is 5.98. The Hall–Kier alpha value is -2.75. The molecule has 3 rings (SSSR count). The molecule has 1 saturated heterocycles. The Balaban J connectivity index is 1.84. The second-order valence-corrected chi connectivity index (χ2v) is 8.18. The number of urea groups is 1. The van der Waals surface area contributed by atoms with Crippen LogP contribution < -0.4 is 9.64 Å². The van der Waals surface area contributed by atoms with Crippen molar-refractivity contribution in [2.45, 2.75) is 43.3 Å². The molecule has 0 atom stereocenters. The van der Waals surface area contributed by atoms with Crippen molar-refractivity contribution >= 4 is 29.4 Å². The number of hydrogen-bond donors (Lipinski definition) is 0. The number of rotatable bonds is 6. The van der Waals surface area contributed by atoms with E-state index in [2.05, 4.69) is 4.98 Å². The summed E-state index contributed by atoms with van der Waals surface area (Å²) in [4.78, 5) is 32.5. The van der Waals surface area contributed by atoms with E-state index < -0.39 is 23.0 Å². The van der Waals surface area contributed by atoms with Crippen LogP contribution in [-0.4, -0.2) is 39.5 Å². The second-order valence-electron chi connectivity index (χ2n) is 7.05. The molecule has 1 aromatic carbocycles. The standard InChI is InChI=1S/C20H20F3N3O3S/c1-4-29-16-11-13(9-10-24-16)12-25-18(28)26(17(27)19(25,2)3)14-5-7-15(8-6-14)30-20(21,22)23/h5-11H,4,12H2,1-3H3. The van der Waals surface area contributed by atoms with Crippen LogP contribution in [0.5, 0.6) is 5.88 Å². The van der Waals surface area contributed by atoms with Gasteiger partial charge in [0.1, 0.15) is 5.54 Å². The fraction of sp³-hybridized carbons (Fsp3) is 0.350. The van der Waals surface area contributed by atoms with Gasteiger partial charge in [0.2, 0.25) is 5.88 Å². The molecule has 1 fully saturated rings. The van der Waals surface area contributed by atoms with Gasteiger partial charge in [0, 0.05) is 23.7 Å². The van der Waals surface area contributed by atoms with Crippen molar-refractivity contribution in [2.75, 3.05) is 11.5 Å². The molecule has 2 heterocycles. The Morgan fingerprint density at radius 1 is 1.13 bits per heavy atom. The summed E-state index contributed by atoms with van der Waals surface area (Å²) in [6.45, 7) is 5.69. The first-order valence-electron chi connectivity index (χ1n) is 9.12. The smallest absolute Gasteiger partial charge is 0.446 e. The third-order valence-electron chi connectivity index (χ3n) is 4.58. The molecule has 0 bridgehead atoms. The van der Waals surface area contributed by atoms with Gasteiger partial charge in [-0.3, -0.25) is 4.79 Å². The van der Waals surface area contributed by atoms with E-state index in [-0.39, 0.29) is 28.9 Å². The molecule has 0 saturated carbocycles. The molecule has 1 aliphatic rings. The molecule has 0 unspecified atom stereocenters. The predicted octanol–water partition coefficient (Wildman–Crippen LogP) is 4.84.